The standard InChI is InChI=1S/C29H28N2O2/c32-28(22-33-27-17-9-15-23-10-7-8-16-26(23)27)30-18-20-31(21-19-30)29(24-11-3-1-4-12-24)25-13-5-2-6-14-25/h1-17,29H,18-22H2. The van der Waals surface area contributed by atoms with Crippen molar-refractivity contribution in [1.29, 1.82) is 0 Å². The lowest BCUT2D eigenvalue weighted by atomic mass is 9.96. The molecule has 1 aliphatic heterocycles. The van der Waals surface area contributed by atoms with E-state index in [0.717, 1.165) is 29.6 Å². The molecule has 166 valence electrons. The Bertz CT molecular complexity index is 1160. The van der Waals surface area contributed by atoms with Crippen LogP contribution in [-0.2, 0) is 4.79 Å². The third-order valence-corrected chi connectivity index (χ3v) is 6.36. The molecule has 0 radical (unpaired) electrons. The molecule has 0 saturated carbocycles. The Labute approximate surface area is 195 Å². The average molecular weight is 437 g/mol. The Morgan fingerprint density at radius 1 is 0.697 bits per heavy atom. The molecule has 1 heterocycles. The number of rotatable bonds is 6. The van der Waals surface area contributed by atoms with Crippen LogP contribution in [0.4, 0.5) is 0 Å². The van der Waals surface area contributed by atoms with Gasteiger partial charge in [0, 0.05) is 31.6 Å². The smallest absolute Gasteiger partial charge is 0.260 e. The number of hydrogen-bond acceptors (Lipinski definition) is 3. The van der Waals surface area contributed by atoms with Gasteiger partial charge in [0.25, 0.3) is 5.91 Å². The van der Waals surface area contributed by atoms with Crippen molar-refractivity contribution < 1.29 is 9.53 Å². The van der Waals surface area contributed by atoms with E-state index in [1.165, 1.54) is 11.1 Å². The Morgan fingerprint density at radius 3 is 1.94 bits per heavy atom. The van der Waals surface area contributed by atoms with Crippen LogP contribution >= 0.6 is 0 Å². The van der Waals surface area contributed by atoms with Gasteiger partial charge in [-0.25, -0.2) is 0 Å². The molecular formula is C29H28N2O2. The van der Waals surface area contributed by atoms with Crippen LogP contribution < -0.4 is 4.74 Å². The van der Waals surface area contributed by atoms with E-state index in [2.05, 4.69) is 77.7 Å². The molecule has 1 saturated heterocycles. The van der Waals surface area contributed by atoms with Gasteiger partial charge in [-0.15, -0.1) is 0 Å². The van der Waals surface area contributed by atoms with E-state index in [4.69, 9.17) is 4.74 Å². The molecule has 0 bridgehead atoms. The molecule has 4 heteroatoms. The normalized spacial score (nSPS) is 14.5. The SMILES string of the molecule is O=C(COc1cccc2ccccc12)N1CCN(C(c2ccccc2)c2ccccc2)CC1. The van der Waals surface area contributed by atoms with Crippen molar-refractivity contribution in [3.05, 3.63) is 114 Å². The fraction of sp³-hybridized carbons (Fsp3) is 0.207. The molecule has 1 aliphatic rings. The van der Waals surface area contributed by atoms with Gasteiger partial charge in [0.1, 0.15) is 5.75 Å². The lowest BCUT2D eigenvalue weighted by Crippen LogP contribution is -2.51. The first-order valence-electron chi connectivity index (χ1n) is 11.5. The predicted octanol–water partition coefficient (Wildman–Crippen LogP) is 5.15. The Kier molecular flexibility index (Phi) is 6.36. The van der Waals surface area contributed by atoms with Gasteiger partial charge in [0.15, 0.2) is 6.61 Å². The number of piperazine rings is 1. The molecule has 0 spiro atoms. The number of carbonyl (C=O) groups is 1. The quantitative estimate of drug-likeness (QED) is 0.419. The van der Waals surface area contributed by atoms with Crippen LogP contribution in [0.2, 0.25) is 0 Å². The van der Waals surface area contributed by atoms with Gasteiger partial charge in [0.2, 0.25) is 0 Å². The summed E-state index contributed by atoms with van der Waals surface area (Å²) in [5, 5.41) is 2.15. The van der Waals surface area contributed by atoms with Gasteiger partial charge in [-0.3, -0.25) is 9.69 Å². The van der Waals surface area contributed by atoms with Crippen LogP contribution in [0.15, 0.2) is 103 Å². The molecule has 0 atom stereocenters. The van der Waals surface area contributed by atoms with Crippen molar-refractivity contribution in [2.45, 2.75) is 6.04 Å². The van der Waals surface area contributed by atoms with Crippen LogP contribution in [-0.4, -0.2) is 48.5 Å². The van der Waals surface area contributed by atoms with Crippen LogP contribution in [0, 0.1) is 0 Å². The van der Waals surface area contributed by atoms with Gasteiger partial charge < -0.3 is 9.64 Å². The highest BCUT2D eigenvalue weighted by atomic mass is 16.5. The van der Waals surface area contributed by atoms with E-state index in [-0.39, 0.29) is 18.6 Å². The molecule has 4 nitrogen and oxygen atoms in total. The second kappa shape index (κ2) is 9.88. The van der Waals surface area contributed by atoms with E-state index < -0.39 is 0 Å². The zero-order valence-electron chi connectivity index (χ0n) is 18.6. The third kappa shape index (κ3) is 4.76. The van der Waals surface area contributed by atoms with Crippen LogP contribution in [0.1, 0.15) is 17.2 Å². The first-order chi connectivity index (χ1) is 16.3. The lowest BCUT2D eigenvalue weighted by Gasteiger charge is -2.39. The zero-order valence-corrected chi connectivity index (χ0v) is 18.6. The second-order valence-electron chi connectivity index (χ2n) is 8.41. The highest BCUT2D eigenvalue weighted by molar-refractivity contribution is 5.88. The largest absolute Gasteiger partial charge is 0.483 e. The third-order valence-electron chi connectivity index (χ3n) is 6.36. The molecule has 0 aliphatic carbocycles. The number of carbonyl (C=O) groups excluding carboxylic acids is 1. The van der Waals surface area contributed by atoms with Crippen LogP contribution in [0.3, 0.4) is 0 Å². The summed E-state index contributed by atoms with van der Waals surface area (Å²) in [7, 11) is 0. The number of benzene rings is 4. The van der Waals surface area contributed by atoms with Crippen molar-refractivity contribution in [3.63, 3.8) is 0 Å². The highest BCUT2D eigenvalue weighted by Gasteiger charge is 2.28. The van der Waals surface area contributed by atoms with Crippen LogP contribution in [0.5, 0.6) is 5.75 Å². The Balaban J connectivity index is 1.24. The van der Waals surface area contributed by atoms with E-state index in [1.807, 2.05) is 35.2 Å². The monoisotopic (exact) mass is 436 g/mol. The molecule has 0 unspecified atom stereocenters. The minimum absolute atomic E-state index is 0.0403. The topological polar surface area (TPSA) is 32.8 Å². The molecule has 0 N–H and O–H groups in total. The molecule has 1 fully saturated rings. The summed E-state index contributed by atoms with van der Waals surface area (Å²) in [6, 6.07) is 35.5. The maximum atomic E-state index is 12.9. The second-order valence-corrected chi connectivity index (χ2v) is 8.41. The first kappa shape index (κ1) is 21.2. The molecule has 4 aromatic carbocycles. The molecule has 5 rings (SSSR count). The summed E-state index contributed by atoms with van der Waals surface area (Å²) in [6.45, 7) is 3.12. The Morgan fingerprint density at radius 2 is 1.27 bits per heavy atom. The summed E-state index contributed by atoms with van der Waals surface area (Å²) in [6.07, 6.45) is 0. The molecule has 1 amide bonds. The van der Waals surface area contributed by atoms with E-state index in [1.54, 1.807) is 0 Å². The zero-order chi connectivity index (χ0) is 22.5. The van der Waals surface area contributed by atoms with Gasteiger partial charge >= 0.3 is 0 Å². The van der Waals surface area contributed by atoms with Crippen LogP contribution in [0.25, 0.3) is 10.8 Å². The fourth-order valence-electron chi connectivity index (χ4n) is 4.67. The maximum Gasteiger partial charge on any atom is 0.260 e. The molecule has 0 aromatic heterocycles. The molecular weight excluding hydrogens is 408 g/mol. The highest BCUT2D eigenvalue weighted by Crippen LogP contribution is 2.29. The molecule has 33 heavy (non-hydrogen) atoms. The van der Waals surface area contributed by atoms with E-state index >= 15 is 0 Å². The Hall–Kier alpha value is -3.63. The summed E-state index contributed by atoms with van der Waals surface area (Å²) in [5.41, 5.74) is 2.56. The van der Waals surface area contributed by atoms with Crippen molar-refractivity contribution >= 4 is 16.7 Å². The van der Waals surface area contributed by atoms with Crippen molar-refractivity contribution in [3.8, 4) is 5.75 Å². The van der Waals surface area contributed by atoms with Crippen molar-refractivity contribution in [2.75, 3.05) is 32.8 Å². The van der Waals surface area contributed by atoms with Gasteiger partial charge in [-0.05, 0) is 22.6 Å². The number of nitrogens with zero attached hydrogens (tertiary/aromatic N) is 2. The first-order valence-corrected chi connectivity index (χ1v) is 11.5. The average Bonchev–Trinajstić information content (AvgIpc) is 2.89. The predicted molar refractivity (Wildman–Crippen MR) is 132 cm³/mol. The van der Waals surface area contributed by atoms with E-state index in [9.17, 15) is 4.79 Å². The summed E-state index contributed by atoms with van der Waals surface area (Å²) in [5.74, 6) is 0.798. The van der Waals surface area contributed by atoms with Gasteiger partial charge in [-0.1, -0.05) is 97.1 Å². The number of hydrogen-bond donors (Lipinski definition) is 0. The summed E-state index contributed by atoms with van der Waals surface area (Å²) < 4.78 is 5.94. The van der Waals surface area contributed by atoms with Gasteiger partial charge in [-0.2, -0.15) is 0 Å². The minimum Gasteiger partial charge on any atom is -0.483 e. The molecule has 4 aromatic rings. The number of ether oxygens (including phenoxy) is 1. The summed E-state index contributed by atoms with van der Waals surface area (Å²) in [4.78, 5) is 17.3. The van der Waals surface area contributed by atoms with Gasteiger partial charge in [0.05, 0.1) is 6.04 Å². The van der Waals surface area contributed by atoms with Crippen molar-refractivity contribution in [1.82, 2.24) is 9.80 Å². The number of amides is 1. The summed E-state index contributed by atoms with van der Waals surface area (Å²) >= 11 is 0. The maximum absolute atomic E-state index is 12.9. The lowest BCUT2D eigenvalue weighted by molar-refractivity contribution is -0.135. The van der Waals surface area contributed by atoms with Crippen molar-refractivity contribution in [2.24, 2.45) is 0 Å². The number of fused-ring (bicyclic) bond motifs is 1. The van der Waals surface area contributed by atoms with E-state index in [0.29, 0.717) is 13.1 Å². The minimum atomic E-state index is 0.0403. The fourth-order valence-corrected chi connectivity index (χ4v) is 4.67.